The minimum absolute atomic E-state index is 0. The van der Waals surface area contributed by atoms with Gasteiger partial charge in [0.2, 0.25) is 11.8 Å². The van der Waals surface area contributed by atoms with Crippen molar-refractivity contribution in [2.24, 2.45) is 5.73 Å². The van der Waals surface area contributed by atoms with E-state index in [4.69, 9.17) is 10.5 Å². The van der Waals surface area contributed by atoms with Gasteiger partial charge in [-0.3, -0.25) is 9.59 Å². The van der Waals surface area contributed by atoms with E-state index >= 15 is 0 Å². The maximum Gasteiger partial charge on any atom is 0.248 e. The van der Waals surface area contributed by atoms with E-state index in [9.17, 15) is 9.59 Å². The van der Waals surface area contributed by atoms with Gasteiger partial charge in [-0.2, -0.15) is 0 Å². The van der Waals surface area contributed by atoms with Crippen LogP contribution in [-0.2, 0) is 4.79 Å². The van der Waals surface area contributed by atoms with Gasteiger partial charge >= 0.3 is 0 Å². The van der Waals surface area contributed by atoms with E-state index in [0.717, 1.165) is 25.9 Å². The molecule has 1 fully saturated rings. The van der Waals surface area contributed by atoms with E-state index in [1.54, 1.807) is 24.3 Å². The predicted molar refractivity (Wildman–Crippen MR) is 86.4 cm³/mol. The van der Waals surface area contributed by atoms with E-state index in [-0.39, 0.29) is 24.4 Å². The maximum atomic E-state index is 11.8. The Hall–Kier alpha value is -1.79. The highest BCUT2D eigenvalue weighted by molar-refractivity contribution is 5.92. The van der Waals surface area contributed by atoms with Crippen LogP contribution in [-0.4, -0.2) is 37.6 Å². The van der Waals surface area contributed by atoms with Crippen molar-refractivity contribution in [1.82, 2.24) is 10.6 Å². The highest BCUT2D eigenvalue weighted by Crippen LogP contribution is 2.12. The van der Waals surface area contributed by atoms with Crippen molar-refractivity contribution in [3.63, 3.8) is 0 Å². The van der Waals surface area contributed by atoms with Crippen LogP contribution in [0.1, 0.15) is 29.6 Å². The summed E-state index contributed by atoms with van der Waals surface area (Å²) in [4.78, 5) is 22.7. The number of benzene rings is 1. The lowest BCUT2D eigenvalue weighted by Crippen LogP contribution is -2.43. The Bertz CT molecular complexity index is 487. The molecule has 0 radical (unpaired) electrons. The number of hydrogen-bond acceptors (Lipinski definition) is 4. The Kier molecular flexibility index (Phi) is 7.70. The number of halogens is 1. The summed E-state index contributed by atoms with van der Waals surface area (Å²) in [5.41, 5.74) is 5.59. The fourth-order valence-electron chi connectivity index (χ4n) is 2.24. The van der Waals surface area contributed by atoms with Gasteiger partial charge in [-0.1, -0.05) is 0 Å². The summed E-state index contributed by atoms with van der Waals surface area (Å²) in [6, 6.07) is 6.82. The first-order valence-corrected chi connectivity index (χ1v) is 7.18. The average Bonchev–Trinajstić information content (AvgIpc) is 2.49. The second kappa shape index (κ2) is 9.27. The Balaban J connectivity index is 0.00000242. The first-order chi connectivity index (χ1) is 10.1. The Morgan fingerprint density at radius 3 is 2.45 bits per heavy atom. The Morgan fingerprint density at radius 2 is 1.86 bits per heavy atom. The monoisotopic (exact) mass is 327 g/mol. The van der Waals surface area contributed by atoms with Crippen molar-refractivity contribution in [2.75, 3.05) is 19.7 Å². The van der Waals surface area contributed by atoms with Crippen LogP contribution < -0.4 is 21.1 Å². The summed E-state index contributed by atoms with van der Waals surface area (Å²) < 4.78 is 5.48. The number of nitrogens with two attached hydrogens (primary N) is 1. The molecule has 1 aliphatic rings. The third kappa shape index (κ3) is 5.91. The van der Waals surface area contributed by atoms with Crippen LogP contribution >= 0.6 is 12.4 Å². The van der Waals surface area contributed by atoms with E-state index in [1.165, 1.54) is 0 Å². The molecule has 1 aromatic rings. The number of rotatable bonds is 6. The smallest absolute Gasteiger partial charge is 0.248 e. The van der Waals surface area contributed by atoms with Crippen LogP contribution in [0.15, 0.2) is 24.3 Å². The van der Waals surface area contributed by atoms with Crippen molar-refractivity contribution in [2.45, 2.75) is 25.3 Å². The van der Waals surface area contributed by atoms with Crippen LogP contribution in [0.25, 0.3) is 0 Å². The molecule has 0 aromatic heterocycles. The molecule has 2 rings (SSSR count). The molecule has 0 atom stereocenters. The van der Waals surface area contributed by atoms with Crippen LogP contribution in [0, 0.1) is 0 Å². The van der Waals surface area contributed by atoms with Crippen molar-refractivity contribution >= 4 is 24.2 Å². The highest BCUT2D eigenvalue weighted by Gasteiger charge is 2.15. The molecule has 7 heteroatoms. The number of ether oxygens (including phenoxy) is 1. The van der Waals surface area contributed by atoms with Crippen LogP contribution in [0.3, 0.4) is 0 Å². The number of nitrogens with one attached hydrogen (secondary N) is 2. The summed E-state index contributed by atoms with van der Waals surface area (Å²) in [6.07, 6.45) is 2.27. The SMILES string of the molecule is Cl.NC(=O)c1ccc(OCCC(=O)NC2CCNCC2)cc1. The standard InChI is InChI=1S/C15H21N3O3.ClH/c16-15(20)11-1-3-13(4-2-11)21-10-7-14(19)18-12-5-8-17-9-6-12;/h1-4,12,17H,5-10H2,(H2,16,20)(H,18,19);1H. The normalized spacial score (nSPS) is 14.7. The van der Waals surface area contributed by atoms with Crippen molar-refractivity contribution < 1.29 is 14.3 Å². The second-order valence-corrected chi connectivity index (χ2v) is 5.08. The molecular weight excluding hydrogens is 306 g/mol. The fourth-order valence-corrected chi connectivity index (χ4v) is 2.24. The predicted octanol–water partition coefficient (Wildman–Crippen LogP) is 0.844. The van der Waals surface area contributed by atoms with Gasteiger partial charge in [0.25, 0.3) is 0 Å². The van der Waals surface area contributed by atoms with Crippen LogP contribution in [0.4, 0.5) is 0 Å². The zero-order valence-electron chi connectivity index (χ0n) is 12.3. The van der Waals surface area contributed by atoms with Crippen LogP contribution in [0.5, 0.6) is 5.75 Å². The van der Waals surface area contributed by atoms with Gasteiger partial charge in [0.15, 0.2) is 0 Å². The van der Waals surface area contributed by atoms with Gasteiger partial charge in [0, 0.05) is 11.6 Å². The summed E-state index contributed by atoms with van der Waals surface area (Å²) in [5.74, 6) is 0.160. The summed E-state index contributed by atoms with van der Waals surface area (Å²) in [7, 11) is 0. The second-order valence-electron chi connectivity index (χ2n) is 5.08. The molecule has 0 spiro atoms. The molecule has 1 aliphatic heterocycles. The zero-order valence-corrected chi connectivity index (χ0v) is 13.2. The van der Waals surface area contributed by atoms with Gasteiger partial charge in [0.05, 0.1) is 13.0 Å². The van der Waals surface area contributed by atoms with Gasteiger partial charge in [-0.25, -0.2) is 0 Å². The van der Waals surface area contributed by atoms with Gasteiger partial charge in [0.1, 0.15) is 5.75 Å². The van der Waals surface area contributed by atoms with Crippen LogP contribution in [0.2, 0.25) is 0 Å². The minimum atomic E-state index is -0.470. The zero-order chi connectivity index (χ0) is 15.1. The molecule has 0 saturated carbocycles. The lowest BCUT2D eigenvalue weighted by Gasteiger charge is -2.23. The topological polar surface area (TPSA) is 93.5 Å². The first-order valence-electron chi connectivity index (χ1n) is 7.18. The molecule has 0 bridgehead atoms. The highest BCUT2D eigenvalue weighted by atomic mass is 35.5. The molecule has 1 saturated heterocycles. The molecular formula is C15H22ClN3O3. The van der Waals surface area contributed by atoms with Gasteiger partial charge in [-0.05, 0) is 50.2 Å². The van der Waals surface area contributed by atoms with E-state index in [1.807, 2.05) is 0 Å². The Morgan fingerprint density at radius 1 is 1.23 bits per heavy atom. The number of carbonyl (C=O) groups is 2. The molecule has 2 amide bonds. The third-order valence-electron chi connectivity index (χ3n) is 3.44. The largest absolute Gasteiger partial charge is 0.493 e. The number of hydrogen-bond donors (Lipinski definition) is 3. The van der Waals surface area contributed by atoms with Gasteiger partial charge in [-0.15, -0.1) is 12.4 Å². The van der Waals surface area contributed by atoms with E-state index in [0.29, 0.717) is 24.3 Å². The first kappa shape index (κ1) is 18.3. The number of piperidine rings is 1. The molecule has 1 aromatic carbocycles. The number of carbonyl (C=O) groups excluding carboxylic acids is 2. The molecule has 1 heterocycles. The number of primary amides is 1. The number of amides is 2. The summed E-state index contributed by atoms with van der Waals surface area (Å²) >= 11 is 0. The fraction of sp³-hybridized carbons (Fsp3) is 0.467. The molecule has 122 valence electrons. The molecule has 22 heavy (non-hydrogen) atoms. The molecule has 6 nitrogen and oxygen atoms in total. The van der Waals surface area contributed by atoms with Crippen molar-refractivity contribution in [1.29, 1.82) is 0 Å². The third-order valence-corrected chi connectivity index (χ3v) is 3.44. The lowest BCUT2D eigenvalue weighted by molar-refractivity contribution is -0.122. The quantitative estimate of drug-likeness (QED) is 0.722. The molecule has 0 aliphatic carbocycles. The minimum Gasteiger partial charge on any atom is -0.493 e. The van der Waals surface area contributed by atoms with Gasteiger partial charge < -0.3 is 21.1 Å². The maximum absolute atomic E-state index is 11.8. The van der Waals surface area contributed by atoms with Crippen molar-refractivity contribution in [3.05, 3.63) is 29.8 Å². The Labute approximate surface area is 136 Å². The average molecular weight is 328 g/mol. The lowest BCUT2D eigenvalue weighted by atomic mass is 10.1. The molecule has 0 unspecified atom stereocenters. The molecule has 4 N–H and O–H groups in total. The summed E-state index contributed by atoms with van der Waals surface area (Å²) in [6.45, 7) is 2.22. The van der Waals surface area contributed by atoms with E-state index in [2.05, 4.69) is 10.6 Å². The van der Waals surface area contributed by atoms with Crippen molar-refractivity contribution in [3.8, 4) is 5.75 Å². The summed E-state index contributed by atoms with van der Waals surface area (Å²) in [5, 5.41) is 6.27. The van der Waals surface area contributed by atoms with E-state index < -0.39 is 5.91 Å².